The minimum absolute atomic E-state index is 0.636. The van der Waals surface area contributed by atoms with E-state index in [0.29, 0.717) is 5.92 Å². The largest absolute Gasteiger partial charge is 0.383 e. The average Bonchev–Trinajstić information content (AvgIpc) is 2.48. The number of benzene rings is 1. The Labute approximate surface area is 137 Å². The third kappa shape index (κ3) is 9.25. The molecule has 0 aliphatic carbocycles. The van der Waals surface area contributed by atoms with Crippen LogP contribution in [-0.2, 0) is 15.9 Å². The summed E-state index contributed by atoms with van der Waals surface area (Å²) in [5, 5.41) is 3.48. The molecule has 21 heavy (non-hydrogen) atoms. The number of nitrogens with one attached hydrogen (secondary N) is 1. The molecular formula is C17H28BrNO2. The third-order valence-corrected chi connectivity index (χ3v) is 3.93. The second kappa shape index (κ2) is 12.2. The van der Waals surface area contributed by atoms with E-state index in [1.807, 2.05) is 6.92 Å². The van der Waals surface area contributed by atoms with Crippen molar-refractivity contribution in [2.24, 2.45) is 5.92 Å². The summed E-state index contributed by atoms with van der Waals surface area (Å²) in [5.74, 6) is 0.636. The summed E-state index contributed by atoms with van der Waals surface area (Å²) in [6.07, 6.45) is 3.41. The van der Waals surface area contributed by atoms with Crippen LogP contribution < -0.4 is 5.32 Å². The van der Waals surface area contributed by atoms with E-state index < -0.39 is 0 Å². The lowest BCUT2D eigenvalue weighted by atomic mass is 9.95. The van der Waals surface area contributed by atoms with Gasteiger partial charge in [0.25, 0.3) is 0 Å². The van der Waals surface area contributed by atoms with Crippen LogP contribution in [0, 0.1) is 5.92 Å². The first-order chi connectivity index (χ1) is 10.3. The van der Waals surface area contributed by atoms with E-state index in [1.54, 1.807) is 7.11 Å². The van der Waals surface area contributed by atoms with Crippen LogP contribution in [0.1, 0.15) is 25.3 Å². The van der Waals surface area contributed by atoms with Gasteiger partial charge in [0, 0.05) is 31.3 Å². The molecule has 120 valence electrons. The van der Waals surface area contributed by atoms with Crippen LogP contribution in [0.25, 0.3) is 0 Å². The molecule has 0 aliphatic heterocycles. The fraction of sp³-hybridized carbons (Fsp3) is 0.647. The summed E-state index contributed by atoms with van der Waals surface area (Å²) in [5.41, 5.74) is 1.39. The maximum atomic E-state index is 5.45. The number of halogens is 1. The fourth-order valence-electron chi connectivity index (χ4n) is 2.37. The summed E-state index contributed by atoms with van der Waals surface area (Å²) >= 11 is 3.55. The molecule has 1 N–H and O–H groups in total. The monoisotopic (exact) mass is 357 g/mol. The molecule has 0 heterocycles. The predicted molar refractivity (Wildman–Crippen MR) is 91.8 cm³/mol. The second-order valence-corrected chi connectivity index (χ2v) is 6.15. The molecule has 0 fully saturated rings. The maximum absolute atomic E-state index is 5.45. The second-order valence-electron chi connectivity index (χ2n) is 5.24. The molecule has 0 spiro atoms. The summed E-state index contributed by atoms with van der Waals surface area (Å²) in [6.45, 7) is 6.43. The third-order valence-electron chi connectivity index (χ3n) is 3.43. The molecule has 1 atom stereocenters. The SMILES string of the molecule is CCOCCCC(CNCCOC)Cc1cccc(Br)c1. The molecule has 1 aromatic carbocycles. The molecule has 3 nitrogen and oxygen atoms in total. The van der Waals surface area contributed by atoms with Crippen molar-refractivity contribution in [3.63, 3.8) is 0 Å². The van der Waals surface area contributed by atoms with E-state index in [2.05, 4.69) is 45.5 Å². The van der Waals surface area contributed by atoms with Gasteiger partial charge in [0.1, 0.15) is 0 Å². The lowest BCUT2D eigenvalue weighted by Crippen LogP contribution is -2.27. The zero-order valence-corrected chi connectivity index (χ0v) is 14.8. The smallest absolute Gasteiger partial charge is 0.0587 e. The summed E-state index contributed by atoms with van der Waals surface area (Å²) < 4.78 is 11.7. The first-order valence-electron chi connectivity index (χ1n) is 7.78. The fourth-order valence-corrected chi connectivity index (χ4v) is 2.82. The summed E-state index contributed by atoms with van der Waals surface area (Å²) in [7, 11) is 1.74. The minimum atomic E-state index is 0.636. The van der Waals surface area contributed by atoms with Crippen molar-refractivity contribution in [1.82, 2.24) is 5.32 Å². The molecule has 1 unspecified atom stereocenters. The molecule has 1 rings (SSSR count). The molecular weight excluding hydrogens is 330 g/mol. The van der Waals surface area contributed by atoms with Crippen LogP contribution in [0.15, 0.2) is 28.7 Å². The molecule has 0 bridgehead atoms. The van der Waals surface area contributed by atoms with Gasteiger partial charge in [0.15, 0.2) is 0 Å². The maximum Gasteiger partial charge on any atom is 0.0587 e. The van der Waals surface area contributed by atoms with E-state index in [0.717, 1.165) is 50.2 Å². The number of rotatable bonds is 12. The Kier molecular flexibility index (Phi) is 10.8. The first kappa shape index (κ1) is 18.6. The van der Waals surface area contributed by atoms with Gasteiger partial charge in [-0.05, 0) is 56.3 Å². The zero-order valence-electron chi connectivity index (χ0n) is 13.2. The number of methoxy groups -OCH3 is 1. The lowest BCUT2D eigenvalue weighted by molar-refractivity contribution is 0.139. The van der Waals surface area contributed by atoms with Crippen LogP contribution in [0.2, 0.25) is 0 Å². The highest BCUT2D eigenvalue weighted by molar-refractivity contribution is 9.10. The van der Waals surface area contributed by atoms with Gasteiger partial charge < -0.3 is 14.8 Å². The van der Waals surface area contributed by atoms with Gasteiger partial charge in [0.05, 0.1) is 6.61 Å². The van der Waals surface area contributed by atoms with Crippen LogP contribution in [0.3, 0.4) is 0 Å². The topological polar surface area (TPSA) is 30.5 Å². The van der Waals surface area contributed by atoms with Crippen molar-refractivity contribution in [2.75, 3.05) is 40.0 Å². The van der Waals surface area contributed by atoms with Crippen molar-refractivity contribution in [3.8, 4) is 0 Å². The van der Waals surface area contributed by atoms with Gasteiger partial charge in [-0.2, -0.15) is 0 Å². The van der Waals surface area contributed by atoms with Crippen molar-refractivity contribution >= 4 is 15.9 Å². The van der Waals surface area contributed by atoms with E-state index in [-0.39, 0.29) is 0 Å². The van der Waals surface area contributed by atoms with E-state index in [4.69, 9.17) is 9.47 Å². The Balaban J connectivity index is 2.41. The molecule has 1 aromatic rings. The normalized spacial score (nSPS) is 12.5. The van der Waals surface area contributed by atoms with Crippen LogP contribution in [-0.4, -0.2) is 40.0 Å². The standard InChI is InChI=1S/C17H28BrNO2/c1-3-21-10-5-7-16(14-19-9-11-20-2)12-15-6-4-8-17(18)13-15/h4,6,8,13,16,19H,3,5,7,9-12,14H2,1-2H3. The molecule has 0 aliphatic rings. The molecule has 0 radical (unpaired) electrons. The number of ether oxygens (including phenoxy) is 2. The Morgan fingerprint density at radius 1 is 1.29 bits per heavy atom. The van der Waals surface area contributed by atoms with Crippen molar-refractivity contribution in [1.29, 1.82) is 0 Å². The number of hydrogen-bond donors (Lipinski definition) is 1. The highest BCUT2D eigenvalue weighted by Crippen LogP contribution is 2.17. The predicted octanol–water partition coefficient (Wildman–Crippen LogP) is 3.66. The Bertz CT molecular complexity index is 362. The first-order valence-corrected chi connectivity index (χ1v) is 8.57. The van der Waals surface area contributed by atoms with Gasteiger partial charge in [-0.15, -0.1) is 0 Å². The minimum Gasteiger partial charge on any atom is -0.383 e. The molecule has 4 heteroatoms. The van der Waals surface area contributed by atoms with Crippen LogP contribution >= 0.6 is 15.9 Å². The Morgan fingerprint density at radius 3 is 2.86 bits per heavy atom. The molecule has 0 saturated heterocycles. The number of hydrogen-bond acceptors (Lipinski definition) is 3. The molecule has 0 saturated carbocycles. The Hall–Kier alpha value is -0.420. The van der Waals surface area contributed by atoms with Gasteiger partial charge in [-0.3, -0.25) is 0 Å². The van der Waals surface area contributed by atoms with Crippen molar-refractivity contribution in [3.05, 3.63) is 34.3 Å². The van der Waals surface area contributed by atoms with E-state index in [9.17, 15) is 0 Å². The van der Waals surface area contributed by atoms with Gasteiger partial charge in [-0.25, -0.2) is 0 Å². The molecule has 0 aromatic heterocycles. The van der Waals surface area contributed by atoms with E-state index >= 15 is 0 Å². The summed E-state index contributed by atoms with van der Waals surface area (Å²) in [6, 6.07) is 8.60. The quantitative estimate of drug-likeness (QED) is 0.579. The lowest BCUT2D eigenvalue weighted by Gasteiger charge is -2.18. The van der Waals surface area contributed by atoms with E-state index in [1.165, 1.54) is 12.0 Å². The zero-order chi connectivity index (χ0) is 15.3. The van der Waals surface area contributed by atoms with Crippen LogP contribution in [0.4, 0.5) is 0 Å². The van der Waals surface area contributed by atoms with Gasteiger partial charge in [-0.1, -0.05) is 28.1 Å². The highest BCUT2D eigenvalue weighted by Gasteiger charge is 2.10. The highest BCUT2D eigenvalue weighted by atomic mass is 79.9. The van der Waals surface area contributed by atoms with Gasteiger partial charge in [0.2, 0.25) is 0 Å². The van der Waals surface area contributed by atoms with Gasteiger partial charge >= 0.3 is 0 Å². The van der Waals surface area contributed by atoms with Crippen LogP contribution in [0.5, 0.6) is 0 Å². The average molecular weight is 358 g/mol. The van der Waals surface area contributed by atoms with Crippen molar-refractivity contribution in [2.45, 2.75) is 26.2 Å². The van der Waals surface area contributed by atoms with Crippen molar-refractivity contribution < 1.29 is 9.47 Å². The summed E-state index contributed by atoms with van der Waals surface area (Å²) in [4.78, 5) is 0. The molecule has 0 amide bonds. The Morgan fingerprint density at radius 2 is 2.14 bits per heavy atom.